The first kappa shape index (κ1) is 14.5. The molecule has 0 bridgehead atoms. The highest BCUT2D eigenvalue weighted by Gasteiger charge is 2.40. The predicted molar refractivity (Wildman–Crippen MR) is 79.5 cm³/mol. The van der Waals surface area contributed by atoms with E-state index in [1.54, 1.807) is 0 Å². The van der Waals surface area contributed by atoms with Crippen LogP contribution in [-0.2, 0) is 16.1 Å². The number of aliphatic hydroxyl groups excluding tert-OH is 1. The molecule has 1 aromatic rings. The summed E-state index contributed by atoms with van der Waals surface area (Å²) in [7, 11) is 0. The second-order valence-electron chi connectivity index (χ2n) is 6.19. The van der Waals surface area contributed by atoms with Gasteiger partial charge >= 0.3 is 0 Å². The van der Waals surface area contributed by atoms with Gasteiger partial charge in [0.25, 0.3) is 0 Å². The van der Waals surface area contributed by atoms with Crippen molar-refractivity contribution in [2.24, 2.45) is 5.92 Å². The number of aliphatic hydroxyl groups is 1. The summed E-state index contributed by atoms with van der Waals surface area (Å²) in [6.07, 6.45) is 3.95. The topological polar surface area (TPSA) is 58.6 Å². The van der Waals surface area contributed by atoms with E-state index in [0.717, 1.165) is 37.7 Å². The maximum absolute atomic E-state index is 12.1. The van der Waals surface area contributed by atoms with Gasteiger partial charge in [0.2, 0.25) is 5.91 Å². The molecule has 0 aromatic heterocycles. The zero-order valence-corrected chi connectivity index (χ0v) is 12.2. The van der Waals surface area contributed by atoms with Gasteiger partial charge in [0.1, 0.15) is 0 Å². The monoisotopic (exact) mass is 289 g/mol. The molecule has 114 valence electrons. The number of nitrogens with one attached hydrogen (secondary N) is 1. The smallest absolute Gasteiger partial charge is 0.223 e. The molecule has 2 saturated carbocycles. The third-order valence-corrected chi connectivity index (χ3v) is 4.43. The van der Waals surface area contributed by atoms with Crippen molar-refractivity contribution in [2.45, 2.75) is 57.0 Å². The molecule has 4 nitrogen and oxygen atoms in total. The second-order valence-corrected chi connectivity index (χ2v) is 6.19. The molecule has 2 aliphatic rings. The fourth-order valence-electron chi connectivity index (χ4n) is 2.92. The van der Waals surface area contributed by atoms with E-state index in [0.29, 0.717) is 6.61 Å². The first-order valence-electron chi connectivity index (χ1n) is 7.86. The summed E-state index contributed by atoms with van der Waals surface area (Å²) in [5, 5.41) is 12.6. The van der Waals surface area contributed by atoms with Gasteiger partial charge in [-0.2, -0.15) is 0 Å². The second kappa shape index (κ2) is 6.58. The molecule has 0 saturated heterocycles. The Kier molecular flexibility index (Phi) is 4.56. The molecule has 1 amide bonds. The summed E-state index contributed by atoms with van der Waals surface area (Å²) in [6, 6.07) is 10.3. The molecule has 2 aliphatic carbocycles. The summed E-state index contributed by atoms with van der Waals surface area (Å²) in [5.74, 6) is 0.210. The van der Waals surface area contributed by atoms with Crippen LogP contribution in [0.15, 0.2) is 30.3 Å². The fourth-order valence-corrected chi connectivity index (χ4v) is 2.92. The number of carbonyl (C=O) groups excluding carboxylic acids is 1. The van der Waals surface area contributed by atoms with Crippen LogP contribution in [0.3, 0.4) is 0 Å². The standard InChI is InChI=1S/C17H23NO3/c19-14-8-6-13(7-9-14)17(20)18-15-10-16(15)21-11-12-4-2-1-3-5-12/h1-5,13-16,19H,6-11H2,(H,18,20)/t13?,14?,15-,16?/m1/s1. The lowest BCUT2D eigenvalue weighted by atomic mass is 9.87. The van der Waals surface area contributed by atoms with Gasteiger partial charge in [-0.05, 0) is 37.7 Å². The first-order valence-corrected chi connectivity index (χ1v) is 7.86. The number of ether oxygens (including phenoxy) is 1. The highest BCUT2D eigenvalue weighted by Crippen LogP contribution is 2.29. The molecule has 2 atom stereocenters. The number of carbonyl (C=O) groups is 1. The van der Waals surface area contributed by atoms with Crippen LogP contribution in [0.2, 0.25) is 0 Å². The van der Waals surface area contributed by atoms with Crippen LogP contribution >= 0.6 is 0 Å². The molecule has 2 fully saturated rings. The lowest BCUT2D eigenvalue weighted by Gasteiger charge is -2.24. The van der Waals surface area contributed by atoms with E-state index in [9.17, 15) is 9.90 Å². The molecular weight excluding hydrogens is 266 g/mol. The van der Waals surface area contributed by atoms with Gasteiger partial charge in [0.05, 0.1) is 24.9 Å². The van der Waals surface area contributed by atoms with Gasteiger partial charge in [0.15, 0.2) is 0 Å². The summed E-state index contributed by atoms with van der Waals surface area (Å²) in [5.41, 5.74) is 1.16. The summed E-state index contributed by atoms with van der Waals surface area (Å²) in [4.78, 5) is 12.1. The Bertz CT molecular complexity index is 468. The highest BCUT2D eigenvalue weighted by molar-refractivity contribution is 5.79. The average molecular weight is 289 g/mol. The fraction of sp³-hybridized carbons (Fsp3) is 0.588. The Balaban J connectivity index is 1.37. The molecule has 4 heteroatoms. The minimum Gasteiger partial charge on any atom is -0.393 e. The van der Waals surface area contributed by atoms with E-state index in [1.807, 2.05) is 30.3 Å². The number of hydrogen-bond acceptors (Lipinski definition) is 3. The molecular formula is C17H23NO3. The van der Waals surface area contributed by atoms with Crippen molar-refractivity contribution in [3.05, 3.63) is 35.9 Å². The lowest BCUT2D eigenvalue weighted by Crippen LogP contribution is -2.36. The quantitative estimate of drug-likeness (QED) is 0.872. The van der Waals surface area contributed by atoms with Crippen molar-refractivity contribution in [2.75, 3.05) is 0 Å². The normalized spacial score (nSPS) is 31.7. The molecule has 1 aromatic carbocycles. The van der Waals surface area contributed by atoms with Crippen LogP contribution in [0.4, 0.5) is 0 Å². The molecule has 0 heterocycles. The Hall–Kier alpha value is -1.39. The molecule has 3 rings (SSSR count). The van der Waals surface area contributed by atoms with Crippen molar-refractivity contribution in [3.63, 3.8) is 0 Å². The number of hydrogen-bond donors (Lipinski definition) is 2. The Labute approximate surface area is 125 Å². The van der Waals surface area contributed by atoms with Crippen molar-refractivity contribution in [1.82, 2.24) is 5.32 Å². The summed E-state index contributed by atoms with van der Waals surface area (Å²) >= 11 is 0. The van der Waals surface area contributed by atoms with Crippen molar-refractivity contribution in [1.29, 1.82) is 0 Å². The number of rotatable bonds is 5. The van der Waals surface area contributed by atoms with Crippen LogP contribution < -0.4 is 5.32 Å². The summed E-state index contributed by atoms with van der Waals surface area (Å²) < 4.78 is 5.80. The summed E-state index contributed by atoms with van der Waals surface area (Å²) in [6.45, 7) is 0.605. The minimum absolute atomic E-state index is 0.0729. The van der Waals surface area contributed by atoms with E-state index in [4.69, 9.17) is 4.74 Å². The minimum atomic E-state index is -0.211. The van der Waals surface area contributed by atoms with Crippen molar-refractivity contribution < 1.29 is 14.6 Å². The molecule has 1 unspecified atom stereocenters. The van der Waals surface area contributed by atoms with E-state index in [1.165, 1.54) is 0 Å². The highest BCUT2D eigenvalue weighted by atomic mass is 16.5. The van der Waals surface area contributed by atoms with Gasteiger partial charge in [-0.1, -0.05) is 30.3 Å². The van der Waals surface area contributed by atoms with E-state index in [-0.39, 0.29) is 30.1 Å². The van der Waals surface area contributed by atoms with E-state index in [2.05, 4.69) is 5.32 Å². The lowest BCUT2D eigenvalue weighted by molar-refractivity contribution is -0.127. The van der Waals surface area contributed by atoms with Crippen LogP contribution in [-0.4, -0.2) is 29.3 Å². The first-order chi connectivity index (χ1) is 10.2. The molecule has 21 heavy (non-hydrogen) atoms. The van der Waals surface area contributed by atoms with Gasteiger partial charge in [-0.25, -0.2) is 0 Å². The molecule has 0 spiro atoms. The third kappa shape index (κ3) is 4.05. The number of amides is 1. The van der Waals surface area contributed by atoms with Crippen molar-refractivity contribution >= 4 is 5.91 Å². The van der Waals surface area contributed by atoms with Crippen LogP contribution in [0, 0.1) is 5.92 Å². The largest absolute Gasteiger partial charge is 0.393 e. The zero-order chi connectivity index (χ0) is 14.7. The van der Waals surface area contributed by atoms with Crippen molar-refractivity contribution in [3.8, 4) is 0 Å². The Morgan fingerprint density at radius 3 is 2.62 bits per heavy atom. The van der Waals surface area contributed by atoms with E-state index >= 15 is 0 Å². The SMILES string of the molecule is O=C(N[C@@H]1CC1OCc1ccccc1)C1CCC(O)CC1. The van der Waals surface area contributed by atoms with E-state index < -0.39 is 0 Å². The van der Waals surface area contributed by atoms with Gasteiger partial charge in [-0.3, -0.25) is 4.79 Å². The van der Waals surface area contributed by atoms with Crippen LogP contribution in [0.5, 0.6) is 0 Å². The van der Waals surface area contributed by atoms with Gasteiger partial charge in [0, 0.05) is 5.92 Å². The average Bonchev–Trinajstić information content (AvgIpc) is 3.25. The van der Waals surface area contributed by atoms with Gasteiger partial charge in [-0.15, -0.1) is 0 Å². The molecule has 0 radical (unpaired) electrons. The predicted octanol–water partition coefficient (Wildman–Crippen LogP) is 2.01. The zero-order valence-electron chi connectivity index (χ0n) is 12.2. The number of benzene rings is 1. The van der Waals surface area contributed by atoms with Crippen LogP contribution in [0.1, 0.15) is 37.7 Å². The third-order valence-electron chi connectivity index (χ3n) is 4.43. The van der Waals surface area contributed by atoms with Gasteiger partial charge < -0.3 is 15.2 Å². The Morgan fingerprint density at radius 1 is 1.19 bits per heavy atom. The Morgan fingerprint density at radius 2 is 1.90 bits per heavy atom. The maximum atomic E-state index is 12.1. The molecule has 0 aliphatic heterocycles. The van der Waals surface area contributed by atoms with Crippen LogP contribution in [0.25, 0.3) is 0 Å². The maximum Gasteiger partial charge on any atom is 0.223 e. The molecule has 2 N–H and O–H groups in total.